The molecule has 1 heteroatoms. The Kier molecular flexibility index (Phi) is 2.09. The van der Waals surface area contributed by atoms with E-state index in [1.165, 1.54) is 0 Å². The fourth-order valence-electron chi connectivity index (χ4n) is 1.76. The lowest BCUT2D eigenvalue weighted by Gasteiger charge is -2.06. The minimum Gasteiger partial charge on any atom is -0.247 e. The van der Waals surface area contributed by atoms with Gasteiger partial charge in [0.05, 0.1) is 0 Å². The van der Waals surface area contributed by atoms with Gasteiger partial charge in [0.1, 0.15) is 6.17 Å². The zero-order valence-electron chi connectivity index (χ0n) is 6.23. The van der Waals surface area contributed by atoms with Crippen molar-refractivity contribution in [3.05, 3.63) is 0 Å². The molecule has 0 aromatic heterocycles. The van der Waals surface area contributed by atoms with Gasteiger partial charge < -0.3 is 0 Å². The van der Waals surface area contributed by atoms with Crippen LogP contribution in [0.4, 0.5) is 4.39 Å². The van der Waals surface area contributed by atoms with E-state index in [-0.39, 0.29) is 0 Å². The van der Waals surface area contributed by atoms with Crippen LogP contribution >= 0.6 is 0 Å². The largest absolute Gasteiger partial charge is 0.247 e. The van der Waals surface area contributed by atoms with Crippen LogP contribution in [0.3, 0.4) is 0 Å². The van der Waals surface area contributed by atoms with Crippen molar-refractivity contribution in [3.63, 3.8) is 0 Å². The Labute approximate surface area is 56.5 Å². The maximum absolute atomic E-state index is 12.8. The van der Waals surface area contributed by atoms with E-state index in [0.717, 1.165) is 19.3 Å². The van der Waals surface area contributed by atoms with Crippen LogP contribution in [-0.4, -0.2) is 6.17 Å². The second-order valence-electron chi connectivity index (χ2n) is 3.26. The third-order valence-corrected chi connectivity index (χ3v) is 2.37. The van der Waals surface area contributed by atoms with Crippen LogP contribution in [0.25, 0.3) is 0 Å². The standard InChI is InChI=1S/C8H15F/c1-3-7-4-6(2)5-8(7)9/h6-8H,3-5H2,1-2H3. The van der Waals surface area contributed by atoms with Gasteiger partial charge in [-0.25, -0.2) is 4.39 Å². The minimum absolute atomic E-state index is 0.375. The summed E-state index contributed by atoms with van der Waals surface area (Å²) in [6.07, 6.45) is 2.44. The van der Waals surface area contributed by atoms with Crippen LogP contribution in [0.1, 0.15) is 33.1 Å². The molecule has 54 valence electrons. The Bertz CT molecular complexity index is 90.6. The summed E-state index contributed by atoms with van der Waals surface area (Å²) in [6, 6.07) is 0. The summed E-state index contributed by atoms with van der Waals surface area (Å²) in [5.74, 6) is 1.00. The van der Waals surface area contributed by atoms with Crippen LogP contribution in [0.15, 0.2) is 0 Å². The predicted molar refractivity (Wildman–Crippen MR) is 37.1 cm³/mol. The smallest absolute Gasteiger partial charge is 0.103 e. The van der Waals surface area contributed by atoms with E-state index in [4.69, 9.17) is 0 Å². The molecule has 0 radical (unpaired) electrons. The van der Waals surface area contributed by atoms with E-state index in [2.05, 4.69) is 13.8 Å². The van der Waals surface area contributed by atoms with Crippen molar-refractivity contribution in [1.29, 1.82) is 0 Å². The molecule has 1 fully saturated rings. The van der Waals surface area contributed by atoms with Gasteiger partial charge in [0.15, 0.2) is 0 Å². The molecule has 0 saturated heterocycles. The van der Waals surface area contributed by atoms with Gasteiger partial charge in [0.2, 0.25) is 0 Å². The van der Waals surface area contributed by atoms with Crippen molar-refractivity contribution in [2.45, 2.75) is 39.3 Å². The molecule has 0 bridgehead atoms. The molecule has 0 aliphatic heterocycles. The van der Waals surface area contributed by atoms with Gasteiger partial charge in [0.25, 0.3) is 0 Å². The second-order valence-corrected chi connectivity index (χ2v) is 3.26. The Hall–Kier alpha value is -0.0700. The Morgan fingerprint density at radius 3 is 2.33 bits per heavy atom. The highest BCUT2D eigenvalue weighted by atomic mass is 19.1. The fourth-order valence-corrected chi connectivity index (χ4v) is 1.76. The summed E-state index contributed by atoms with van der Waals surface area (Å²) in [4.78, 5) is 0. The summed E-state index contributed by atoms with van der Waals surface area (Å²) in [5.41, 5.74) is 0. The molecule has 9 heavy (non-hydrogen) atoms. The van der Waals surface area contributed by atoms with E-state index in [1.54, 1.807) is 0 Å². The first-order chi connectivity index (χ1) is 4.24. The van der Waals surface area contributed by atoms with Gasteiger partial charge >= 0.3 is 0 Å². The Morgan fingerprint density at radius 1 is 1.44 bits per heavy atom. The van der Waals surface area contributed by atoms with E-state index < -0.39 is 6.17 Å². The summed E-state index contributed by atoms with van der Waals surface area (Å²) < 4.78 is 12.8. The first kappa shape index (κ1) is 7.04. The number of halogens is 1. The average molecular weight is 130 g/mol. The van der Waals surface area contributed by atoms with Gasteiger partial charge in [-0.3, -0.25) is 0 Å². The molecule has 0 amide bonds. The first-order valence-electron chi connectivity index (χ1n) is 3.88. The van der Waals surface area contributed by atoms with Crippen molar-refractivity contribution in [3.8, 4) is 0 Å². The van der Waals surface area contributed by atoms with Gasteiger partial charge in [-0.15, -0.1) is 0 Å². The van der Waals surface area contributed by atoms with Crippen LogP contribution in [-0.2, 0) is 0 Å². The maximum Gasteiger partial charge on any atom is 0.103 e. The zero-order chi connectivity index (χ0) is 6.85. The topological polar surface area (TPSA) is 0 Å². The highest BCUT2D eigenvalue weighted by Gasteiger charge is 2.29. The molecule has 0 nitrogen and oxygen atoms in total. The molecule has 1 aliphatic carbocycles. The minimum atomic E-state index is -0.495. The van der Waals surface area contributed by atoms with Crippen molar-refractivity contribution < 1.29 is 4.39 Å². The van der Waals surface area contributed by atoms with Crippen LogP contribution in [0, 0.1) is 11.8 Å². The molecule has 1 saturated carbocycles. The summed E-state index contributed by atoms with van der Waals surface area (Å²) in [6.45, 7) is 4.22. The van der Waals surface area contributed by atoms with E-state index >= 15 is 0 Å². The lowest BCUT2D eigenvalue weighted by atomic mass is 10.0. The predicted octanol–water partition coefficient (Wildman–Crippen LogP) is 2.78. The van der Waals surface area contributed by atoms with E-state index in [1.807, 2.05) is 0 Å². The number of alkyl halides is 1. The average Bonchev–Trinajstić information content (AvgIpc) is 2.10. The normalized spacial score (nSPS) is 43.7. The van der Waals surface area contributed by atoms with Crippen molar-refractivity contribution >= 4 is 0 Å². The van der Waals surface area contributed by atoms with Gasteiger partial charge in [-0.1, -0.05) is 20.3 Å². The molecule has 1 aliphatic rings. The fraction of sp³-hybridized carbons (Fsp3) is 1.00. The van der Waals surface area contributed by atoms with Crippen LogP contribution in [0.5, 0.6) is 0 Å². The number of hydrogen-bond acceptors (Lipinski definition) is 0. The molecule has 3 unspecified atom stereocenters. The van der Waals surface area contributed by atoms with Gasteiger partial charge in [0, 0.05) is 0 Å². The van der Waals surface area contributed by atoms with E-state index in [0.29, 0.717) is 11.8 Å². The lowest BCUT2D eigenvalue weighted by Crippen LogP contribution is -2.05. The van der Waals surface area contributed by atoms with Crippen molar-refractivity contribution in [2.24, 2.45) is 11.8 Å². The summed E-state index contributed by atoms with van der Waals surface area (Å²) >= 11 is 0. The van der Waals surface area contributed by atoms with Crippen molar-refractivity contribution in [1.82, 2.24) is 0 Å². The van der Waals surface area contributed by atoms with Gasteiger partial charge in [-0.2, -0.15) is 0 Å². The molecule has 0 heterocycles. The third kappa shape index (κ3) is 1.44. The summed E-state index contributed by atoms with van der Waals surface area (Å²) in [7, 11) is 0. The molecule has 1 rings (SSSR count). The van der Waals surface area contributed by atoms with E-state index in [9.17, 15) is 4.39 Å². The van der Waals surface area contributed by atoms with Crippen molar-refractivity contribution in [2.75, 3.05) is 0 Å². The Balaban J connectivity index is 2.38. The monoisotopic (exact) mass is 130 g/mol. The SMILES string of the molecule is CCC1CC(C)CC1F. The van der Waals surface area contributed by atoms with Crippen LogP contribution < -0.4 is 0 Å². The molecular formula is C8H15F. The highest BCUT2D eigenvalue weighted by molar-refractivity contribution is 4.79. The molecule has 3 atom stereocenters. The second kappa shape index (κ2) is 2.68. The summed E-state index contributed by atoms with van der Waals surface area (Å²) in [5, 5.41) is 0. The Morgan fingerprint density at radius 2 is 2.11 bits per heavy atom. The molecule has 0 aromatic rings. The van der Waals surface area contributed by atoms with Crippen LogP contribution in [0.2, 0.25) is 0 Å². The quantitative estimate of drug-likeness (QED) is 0.512. The molecule has 0 aromatic carbocycles. The first-order valence-corrected chi connectivity index (χ1v) is 3.88. The molecular weight excluding hydrogens is 115 g/mol. The molecule has 0 N–H and O–H groups in total. The maximum atomic E-state index is 12.8. The van der Waals surface area contributed by atoms with Gasteiger partial charge in [-0.05, 0) is 24.7 Å². The molecule has 0 spiro atoms. The lowest BCUT2D eigenvalue weighted by molar-refractivity contribution is 0.257. The number of rotatable bonds is 1. The third-order valence-electron chi connectivity index (χ3n) is 2.37. The number of hydrogen-bond donors (Lipinski definition) is 0. The highest BCUT2D eigenvalue weighted by Crippen LogP contribution is 2.34. The zero-order valence-corrected chi connectivity index (χ0v) is 6.23.